The van der Waals surface area contributed by atoms with Crippen molar-refractivity contribution in [2.24, 2.45) is 5.73 Å². The number of fused-ring (bicyclic) bond motifs is 1. The minimum Gasteiger partial charge on any atom is -0.478 e. The Balaban J connectivity index is 2.58. The molecule has 0 aromatic heterocycles. The molecule has 3 nitrogen and oxygen atoms in total. The minimum absolute atomic E-state index is 0.0594. The Labute approximate surface area is 90.0 Å². The highest BCUT2D eigenvalue weighted by Crippen LogP contribution is 2.36. The normalized spacial score (nSPS) is 19.4. The van der Waals surface area contributed by atoms with Crippen LogP contribution in [0.3, 0.4) is 0 Å². The van der Waals surface area contributed by atoms with Gasteiger partial charge in [0.15, 0.2) is 0 Å². The number of carboxylic acid groups (broad SMARTS) is 1. The van der Waals surface area contributed by atoms with Crippen molar-refractivity contribution in [3.63, 3.8) is 0 Å². The molecule has 0 bridgehead atoms. The lowest BCUT2D eigenvalue weighted by Gasteiger charge is -2.07. The van der Waals surface area contributed by atoms with Crippen molar-refractivity contribution in [3.8, 4) is 0 Å². The summed E-state index contributed by atoms with van der Waals surface area (Å²) in [6.07, 6.45) is 1.76. The Morgan fingerprint density at radius 2 is 2.29 bits per heavy atom. The molecule has 0 saturated heterocycles. The molecule has 0 radical (unpaired) electrons. The first-order valence-corrected chi connectivity index (χ1v) is 5.20. The summed E-state index contributed by atoms with van der Waals surface area (Å²) >= 11 is 3.32. The van der Waals surface area contributed by atoms with Crippen LogP contribution in [-0.4, -0.2) is 11.1 Å². The second-order valence-electron chi connectivity index (χ2n) is 3.45. The molecule has 1 aliphatic rings. The Kier molecular flexibility index (Phi) is 2.33. The number of carboxylic acids is 1. The van der Waals surface area contributed by atoms with E-state index in [1.165, 1.54) is 0 Å². The zero-order valence-electron chi connectivity index (χ0n) is 7.46. The molecule has 2 rings (SSSR count). The lowest BCUT2D eigenvalue weighted by atomic mass is 10.1. The van der Waals surface area contributed by atoms with E-state index in [9.17, 15) is 4.79 Å². The molecule has 1 aliphatic carbocycles. The number of aromatic carboxylic acids is 1. The van der Waals surface area contributed by atoms with Gasteiger partial charge in [0.05, 0.1) is 5.56 Å². The van der Waals surface area contributed by atoms with Crippen molar-refractivity contribution in [2.75, 3.05) is 0 Å². The van der Waals surface area contributed by atoms with E-state index < -0.39 is 5.97 Å². The van der Waals surface area contributed by atoms with Gasteiger partial charge in [0.2, 0.25) is 0 Å². The molecule has 3 N–H and O–H groups in total. The number of carbonyl (C=O) groups is 1. The van der Waals surface area contributed by atoms with Crippen LogP contribution in [-0.2, 0) is 6.42 Å². The van der Waals surface area contributed by atoms with Crippen LogP contribution >= 0.6 is 15.9 Å². The second kappa shape index (κ2) is 3.37. The number of hydrogen-bond acceptors (Lipinski definition) is 2. The Bertz CT molecular complexity index is 403. The van der Waals surface area contributed by atoms with Gasteiger partial charge in [-0.2, -0.15) is 0 Å². The maximum atomic E-state index is 10.8. The van der Waals surface area contributed by atoms with Crippen LogP contribution in [0.15, 0.2) is 16.6 Å². The third-order valence-corrected chi connectivity index (χ3v) is 3.52. The van der Waals surface area contributed by atoms with Gasteiger partial charge >= 0.3 is 5.97 Å². The van der Waals surface area contributed by atoms with Gasteiger partial charge in [-0.1, -0.05) is 6.07 Å². The Morgan fingerprint density at radius 1 is 1.57 bits per heavy atom. The monoisotopic (exact) mass is 255 g/mol. The minimum atomic E-state index is -0.903. The molecule has 1 aromatic carbocycles. The van der Waals surface area contributed by atoms with Crippen LogP contribution in [0.2, 0.25) is 0 Å². The van der Waals surface area contributed by atoms with Gasteiger partial charge < -0.3 is 10.8 Å². The first-order valence-electron chi connectivity index (χ1n) is 4.41. The van der Waals surface area contributed by atoms with Crippen LogP contribution in [0, 0.1) is 0 Å². The molecule has 0 spiro atoms. The van der Waals surface area contributed by atoms with Gasteiger partial charge in [-0.15, -0.1) is 0 Å². The average molecular weight is 256 g/mol. The molecule has 0 amide bonds. The van der Waals surface area contributed by atoms with Crippen molar-refractivity contribution in [2.45, 2.75) is 18.9 Å². The molecule has 0 heterocycles. The van der Waals surface area contributed by atoms with Gasteiger partial charge in [0.1, 0.15) is 0 Å². The molecule has 14 heavy (non-hydrogen) atoms. The van der Waals surface area contributed by atoms with E-state index >= 15 is 0 Å². The van der Waals surface area contributed by atoms with Crippen molar-refractivity contribution >= 4 is 21.9 Å². The van der Waals surface area contributed by atoms with Gasteiger partial charge in [0, 0.05) is 10.5 Å². The second-order valence-corrected chi connectivity index (χ2v) is 4.24. The summed E-state index contributed by atoms with van der Waals surface area (Å²) in [5.41, 5.74) is 8.31. The highest BCUT2D eigenvalue weighted by molar-refractivity contribution is 9.10. The number of halogens is 1. The molecule has 0 saturated carbocycles. The number of benzene rings is 1. The van der Waals surface area contributed by atoms with Gasteiger partial charge in [-0.05, 0) is 46.0 Å². The third-order valence-electron chi connectivity index (χ3n) is 2.61. The lowest BCUT2D eigenvalue weighted by molar-refractivity contribution is 0.0696. The first-order chi connectivity index (χ1) is 6.61. The van der Waals surface area contributed by atoms with Gasteiger partial charge in [-0.3, -0.25) is 0 Å². The molecular weight excluding hydrogens is 246 g/mol. The van der Waals surface area contributed by atoms with Crippen LogP contribution in [0.5, 0.6) is 0 Å². The summed E-state index contributed by atoms with van der Waals surface area (Å²) in [7, 11) is 0. The van der Waals surface area contributed by atoms with E-state index in [4.69, 9.17) is 10.8 Å². The fraction of sp³-hybridized carbons (Fsp3) is 0.300. The topological polar surface area (TPSA) is 63.3 Å². The van der Waals surface area contributed by atoms with E-state index in [0.29, 0.717) is 10.0 Å². The van der Waals surface area contributed by atoms with Crippen LogP contribution in [0.25, 0.3) is 0 Å². The summed E-state index contributed by atoms with van der Waals surface area (Å²) in [6.45, 7) is 0. The van der Waals surface area contributed by atoms with Crippen molar-refractivity contribution in [1.29, 1.82) is 0 Å². The largest absolute Gasteiger partial charge is 0.478 e. The molecule has 1 unspecified atom stereocenters. The summed E-state index contributed by atoms with van der Waals surface area (Å²) in [6, 6.07) is 3.49. The van der Waals surface area contributed by atoms with E-state index in [1.54, 1.807) is 6.07 Å². The summed E-state index contributed by atoms with van der Waals surface area (Å²) in [5.74, 6) is -0.903. The maximum Gasteiger partial charge on any atom is 0.336 e. The predicted octanol–water partition coefficient (Wildman–Crippen LogP) is 2.09. The molecular formula is C10H10BrNO2. The van der Waals surface area contributed by atoms with E-state index in [-0.39, 0.29) is 6.04 Å². The van der Waals surface area contributed by atoms with E-state index in [1.807, 2.05) is 6.07 Å². The highest BCUT2D eigenvalue weighted by Gasteiger charge is 2.24. The van der Waals surface area contributed by atoms with Crippen LogP contribution < -0.4 is 5.73 Å². The van der Waals surface area contributed by atoms with Crippen LogP contribution in [0.4, 0.5) is 0 Å². The lowest BCUT2D eigenvalue weighted by Crippen LogP contribution is -2.06. The number of rotatable bonds is 1. The molecule has 1 aromatic rings. The van der Waals surface area contributed by atoms with E-state index in [2.05, 4.69) is 15.9 Å². The highest BCUT2D eigenvalue weighted by atomic mass is 79.9. The van der Waals surface area contributed by atoms with E-state index in [0.717, 1.165) is 24.0 Å². The molecule has 74 valence electrons. The van der Waals surface area contributed by atoms with Gasteiger partial charge in [-0.25, -0.2) is 4.79 Å². The van der Waals surface area contributed by atoms with Crippen LogP contribution in [0.1, 0.15) is 33.9 Å². The number of hydrogen-bond donors (Lipinski definition) is 2. The molecule has 0 fully saturated rings. The van der Waals surface area contributed by atoms with Gasteiger partial charge in [0.25, 0.3) is 0 Å². The smallest absolute Gasteiger partial charge is 0.336 e. The predicted molar refractivity (Wildman–Crippen MR) is 56.4 cm³/mol. The summed E-state index contributed by atoms with van der Waals surface area (Å²) in [5, 5.41) is 8.90. The average Bonchev–Trinajstić information content (AvgIpc) is 2.49. The fourth-order valence-electron chi connectivity index (χ4n) is 1.86. The molecule has 1 atom stereocenters. The summed E-state index contributed by atoms with van der Waals surface area (Å²) < 4.78 is 0.690. The zero-order chi connectivity index (χ0) is 10.3. The van der Waals surface area contributed by atoms with Crippen molar-refractivity contribution in [3.05, 3.63) is 33.3 Å². The van der Waals surface area contributed by atoms with Crippen molar-refractivity contribution in [1.82, 2.24) is 0 Å². The Hall–Kier alpha value is -0.870. The number of nitrogens with two attached hydrogens (primary N) is 1. The standard InChI is InChI=1S/C10H10BrNO2/c11-9-6-3-4-8(12)5(6)1-2-7(9)10(13)14/h1-2,8H,3-4,12H2,(H,13,14). The third kappa shape index (κ3) is 1.35. The fourth-order valence-corrected chi connectivity index (χ4v) is 2.59. The zero-order valence-corrected chi connectivity index (χ0v) is 9.04. The summed E-state index contributed by atoms with van der Waals surface area (Å²) in [4.78, 5) is 10.8. The Morgan fingerprint density at radius 3 is 2.93 bits per heavy atom. The SMILES string of the molecule is NC1CCc2c1ccc(C(=O)O)c2Br. The molecule has 0 aliphatic heterocycles. The molecule has 4 heteroatoms. The van der Waals surface area contributed by atoms with Crippen molar-refractivity contribution < 1.29 is 9.90 Å². The maximum absolute atomic E-state index is 10.8. The quantitative estimate of drug-likeness (QED) is 0.808. The first kappa shape index (κ1) is 9.68.